The smallest absolute Gasteiger partial charge is 0.246 e. The minimum Gasteiger partial charge on any atom is -0.246 e. The Kier molecular flexibility index (Phi) is 3.24. The fraction of sp³-hybridized carbons (Fsp3) is 0.727. The van der Waals surface area contributed by atoms with Gasteiger partial charge in [-0.15, -0.1) is 11.3 Å². The zero-order valence-corrected chi connectivity index (χ0v) is 9.92. The van der Waals surface area contributed by atoms with Gasteiger partial charge in [0.2, 0.25) is 0 Å². The van der Waals surface area contributed by atoms with Crippen LogP contribution in [0.5, 0.6) is 0 Å². The molecule has 0 amide bonds. The van der Waals surface area contributed by atoms with Crippen LogP contribution in [0.1, 0.15) is 53.6 Å². The molecule has 1 aliphatic carbocycles. The Bertz CT molecular complexity index is 364. The molecule has 0 unspecified atom stereocenters. The van der Waals surface area contributed by atoms with Gasteiger partial charge < -0.3 is 0 Å². The average molecular weight is 249 g/mol. The number of aryl methyl sites for hydroxylation is 1. The third-order valence-electron chi connectivity index (χ3n) is 3.03. The van der Waals surface area contributed by atoms with Crippen LogP contribution < -0.4 is 0 Å². The molecule has 90 valence electrons. The van der Waals surface area contributed by atoms with E-state index in [9.17, 15) is 13.2 Å². The summed E-state index contributed by atoms with van der Waals surface area (Å²) in [6.07, 6.45) is 1.17. The van der Waals surface area contributed by atoms with Gasteiger partial charge in [-0.1, -0.05) is 19.3 Å². The van der Waals surface area contributed by atoms with Crippen LogP contribution in [0.15, 0.2) is 0 Å². The van der Waals surface area contributed by atoms with Gasteiger partial charge in [0, 0.05) is 5.92 Å². The Hall–Kier alpha value is -0.580. The van der Waals surface area contributed by atoms with E-state index < -0.39 is 11.1 Å². The van der Waals surface area contributed by atoms with E-state index in [1.54, 1.807) is 0 Å². The minimum atomic E-state index is -4.24. The summed E-state index contributed by atoms with van der Waals surface area (Å²) in [5.41, 5.74) is 0.137. The summed E-state index contributed by atoms with van der Waals surface area (Å²) in [4.78, 5) is 3.58. The van der Waals surface area contributed by atoms with Gasteiger partial charge in [-0.05, 0) is 19.8 Å². The maximum absolute atomic E-state index is 12.6. The number of halogens is 3. The molecule has 0 bridgehead atoms. The van der Waals surface area contributed by atoms with Crippen LogP contribution >= 0.6 is 11.3 Å². The van der Waals surface area contributed by atoms with Crippen LogP contribution in [0.25, 0.3) is 0 Å². The zero-order valence-electron chi connectivity index (χ0n) is 9.10. The zero-order chi connectivity index (χ0) is 11.8. The van der Waals surface area contributed by atoms with Gasteiger partial charge in [-0.25, -0.2) is 4.98 Å². The number of aromatic nitrogens is 1. The SMILES string of the molecule is Cc1nc(C2CCCCC2)sc1C(F)(F)F. The topological polar surface area (TPSA) is 12.9 Å². The van der Waals surface area contributed by atoms with E-state index in [1.165, 1.54) is 13.3 Å². The van der Waals surface area contributed by atoms with Gasteiger partial charge >= 0.3 is 6.18 Å². The van der Waals surface area contributed by atoms with E-state index in [2.05, 4.69) is 4.98 Å². The van der Waals surface area contributed by atoms with Crippen LogP contribution in [-0.4, -0.2) is 4.98 Å². The third-order valence-corrected chi connectivity index (χ3v) is 4.39. The number of hydrogen-bond acceptors (Lipinski definition) is 2. The van der Waals surface area contributed by atoms with Crippen molar-refractivity contribution in [1.29, 1.82) is 0 Å². The highest BCUT2D eigenvalue weighted by atomic mass is 32.1. The Morgan fingerprint density at radius 3 is 2.31 bits per heavy atom. The monoisotopic (exact) mass is 249 g/mol. The van der Waals surface area contributed by atoms with Crippen LogP contribution in [0.3, 0.4) is 0 Å². The molecule has 1 saturated carbocycles. The van der Waals surface area contributed by atoms with Crippen molar-refractivity contribution in [3.05, 3.63) is 15.6 Å². The Morgan fingerprint density at radius 1 is 1.19 bits per heavy atom. The first-order valence-corrected chi connectivity index (χ1v) is 6.34. The average Bonchev–Trinajstić information content (AvgIpc) is 2.61. The van der Waals surface area contributed by atoms with Crippen molar-refractivity contribution in [2.45, 2.75) is 51.1 Å². The Labute approximate surface area is 96.7 Å². The lowest BCUT2D eigenvalue weighted by Crippen LogP contribution is -2.03. The number of rotatable bonds is 1. The van der Waals surface area contributed by atoms with Crippen molar-refractivity contribution in [2.75, 3.05) is 0 Å². The maximum Gasteiger partial charge on any atom is 0.427 e. The third kappa shape index (κ3) is 2.39. The number of hydrogen-bond donors (Lipinski definition) is 0. The first-order chi connectivity index (χ1) is 7.48. The molecule has 1 heterocycles. The van der Waals surface area contributed by atoms with Gasteiger partial charge in [-0.3, -0.25) is 0 Å². The lowest BCUT2D eigenvalue weighted by atomic mass is 9.90. The molecule has 0 atom stereocenters. The predicted molar refractivity (Wildman–Crippen MR) is 57.7 cm³/mol. The van der Waals surface area contributed by atoms with Crippen molar-refractivity contribution < 1.29 is 13.2 Å². The fourth-order valence-electron chi connectivity index (χ4n) is 2.20. The minimum absolute atomic E-state index is 0.137. The molecule has 0 spiro atoms. The number of nitrogens with zero attached hydrogens (tertiary/aromatic N) is 1. The Morgan fingerprint density at radius 2 is 1.81 bits per heavy atom. The largest absolute Gasteiger partial charge is 0.427 e. The molecule has 0 N–H and O–H groups in total. The summed E-state index contributed by atoms with van der Waals surface area (Å²) in [5, 5.41) is 0.685. The van der Waals surface area contributed by atoms with Crippen LogP contribution in [0.4, 0.5) is 13.2 Å². The molecular weight excluding hydrogens is 235 g/mol. The highest BCUT2D eigenvalue weighted by molar-refractivity contribution is 7.12. The Balaban J connectivity index is 2.23. The second-order valence-electron chi connectivity index (χ2n) is 4.30. The predicted octanol–water partition coefficient (Wildman–Crippen LogP) is 4.52. The standard InChI is InChI=1S/C11H14F3NS/c1-7-9(11(12,13)14)16-10(15-7)8-5-3-2-4-6-8/h8H,2-6H2,1H3. The summed E-state index contributed by atoms with van der Waals surface area (Å²) >= 11 is 0.837. The molecule has 1 fully saturated rings. The molecule has 0 radical (unpaired) electrons. The van der Waals surface area contributed by atoms with Crippen LogP contribution in [0, 0.1) is 6.92 Å². The normalized spacial score (nSPS) is 19.0. The summed E-state index contributed by atoms with van der Waals surface area (Å²) in [6.45, 7) is 1.45. The van der Waals surface area contributed by atoms with Gasteiger partial charge in [-0.2, -0.15) is 13.2 Å². The molecule has 1 aromatic rings. The highest BCUT2D eigenvalue weighted by Crippen LogP contribution is 2.41. The van der Waals surface area contributed by atoms with Gasteiger partial charge in [0.15, 0.2) is 0 Å². The second kappa shape index (κ2) is 4.35. The van der Waals surface area contributed by atoms with Crippen LogP contribution in [0.2, 0.25) is 0 Å². The molecule has 5 heteroatoms. The molecule has 2 rings (SSSR count). The van der Waals surface area contributed by atoms with E-state index in [1.807, 2.05) is 0 Å². The first kappa shape index (κ1) is 11.9. The lowest BCUT2D eigenvalue weighted by molar-refractivity contribution is -0.134. The lowest BCUT2D eigenvalue weighted by Gasteiger charge is -2.18. The summed E-state index contributed by atoms with van der Waals surface area (Å²) in [7, 11) is 0. The van der Waals surface area contributed by atoms with Crippen molar-refractivity contribution in [2.24, 2.45) is 0 Å². The van der Waals surface area contributed by atoms with Crippen molar-refractivity contribution in [3.8, 4) is 0 Å². The summed E-state index contributed by atoms with van der Waals surface area (Å²) in [6, 6.07) is 0. The molecule has 0 aromatic carbocycles. The summed E-state index contributed by atoms with van der Waals surface area (Å²) in [5.74, 6) is 0.258. The first-order valence-electron chi connectivity index (χ1n) is 5.53. The molecular formula is C11H14F3NS. The highest BCUT2D eigenvalue weighted by Gasteiger charge is 2.36. The molecule has 1 aromatic heterocycles. The number of alkyl halides is 3. The molecule has 0 aliphatic heterocycles. The maximum atomic E-state index is 12.6. The van der Waals surface area contributed by atoms with Gasteiger partial charge in [0.1, 0.15) is 4.88 Å². The molecule has 1 nitrogen and oxygen atoms in total. The van der Waals surface area contributed by atoms with E-state index in [4.69, 9.17) is 0 Å². The van der Waals surface area contributed by atoms with E-state index in [0.717, 1.165) is 37.0 Å². The molecule has 0 saturated heterocycles. The molecule has 1 aliphatic rings. The van der Waals surface area contributed by atoms with Gasteiger partial charge in [0.05, 0.1) is 10.7 Å². The molecule has 16 heavy (non-hydrogen) atoms. The van der Waals surface area contributed by atoms with Gasteiger partial charge in [0.25, 0.3) is 0 Å². The van der Waals surface area contributed by atoms with E-state index >= 15 is 0 Å². The van der Waals surface area contributed by atoms with E-state index in [0.29, 0.717) is 5.01 Å². The van der Waals surface area contributed by atoms with E-state index in [-0.39, 0.29) is 11.6 Å². The fourth-order valence-corrected chi connectivity index (χ4v) is 3.31. The van der Waals surface area contributed by atoms with Crippen molar-refractivity contribution in [1.82, 2.24) is 4.98 Å². The van der Waals surface area contributed by atoms with Crippen molar-refractivity contribution in [3.63, 3.8) is 0 Å². The quantitative estimate of drug-likeness (QED) is 0.713. The van der Waals surface area contributed by atoms with Crippen LogP contribution in [-0.2, 0) is 6.18 Å². The van der Waals surface area contributed by atoms with Crippen molar-refractivity contribution >= 4 is 11.3 Å². The second-order valence-corrected chi connectivity index (χ2v) is 5.33. The number of thiazole rings is 1. The summed E-state index contributed by atoms with van der Waals surface area (Å²) < 4.78 is 37.8.